The number of carboxylic acids is 1. The van der Waals surface area contributed by atoms with Gasteiger partial charge in [-0.05, 0) is 36.2 Å². The largest absolute Gasteiger partial charge is 0.480 e. The third-order valence-corrected chi connectivity index (χ3v) is 2.82. The van der Waals surface area contributed by atoms with Gasteiger partial charge in [-0.1, -0.05) is 12.1 Å². The number of rotatable bonds is 5. The first-order valence-corrected chi connectivity index (χ1v) is 5.82. The summed E-state index contributed by atoms with van der Waals surface area (Å²) in [6.45, 7) is 1.89. The minimum atomic E-state index is -1.02. The smallest absolute Gasteiger partial charge is 0.325 e. The Kier molecular flexibility index (Phi) is 3.97. The Morgan fingerprint density at radius 2 is 2.26 bits per heavy atom. The number of hydrogen-bond donors (Lipinski definition) is 2. The number of aryl methyl sites for hydroxylation is 1. The number of carboxylic acid groups (broad SMARTS) is 1. The summed E-state index contributed by atoms with van der Waals surface area (Å²) in [4.78, 5) is 11.3. The van der Waals surface area contributed by atoms with E-state index in [1.54, 1.807) is 19.1 Å². The van der Waals surface area contributed by atoms with Crippen LogP contribution in [0.15, 0.2) is 41.0 Å². The number of furan rings is 1. The molecule has 100 valence electrons. The summed E-state index contributed by atoms with van der Waals surface area (Å²) in [5.74, 6) is -0.721. The molecular weight excluding hydrogens is 249 g/mol. The highest BCUT2D eigenvalue weighted by Gasteiger charge is 2.20. The second-order valence-corrected chi connectivity index (χ2v) is 4.24. The van der Waals surface area contributed by atoms with Gasteiger partial charge in [0.15, 0.2) is 0 Å². The fourth-order valence-corrected chi connectivity index (χ4v) is 1.81. The Labute approximate surface area is 109 Å². The lowest BCUT2D eigenvalue weighted by Gasteiger charge is -2.14. The molecule has 0 aliphatic carbocycles. The standard InChI is InChI=1S/C14H14FNO3/c1-9-7-10(4-5-12(9)15)13(14(17)18)16-8-11-3-2-6-19-11/h2-7,13,16H,8H2,1H3,(H,17,18). The molecule has 1 heterocycles. The number of hydrogen-bond acceptors (Lipinski definition) is 3. The number of aliphatic carboxylic acids is 1. The van der Waals surface area contributed by atoms with Gasteiger partial charge < -0.3 is 9.52 Å². The van der Waals surface area contributed by atoms with Crippen LogP contribution in [0.5, 0.6) is 0 Å². The molecule has 1 atom stereocenters. The van der Waals surface area contributed by atoms with E-state index in [1.165, 1.54) is 24.5 Å². The van der Waals surface area contributed by atoms with Crippen LogP contribution in [-0.2, 0) is 11.3 Å². The first-order valence-electron chi connectivity index (χ1n) is 5.82. The predicted octanol–water partition coefficient (Wildman–Crippen LogP) is 2.64. The predicted molar refractivity (Wildman–Crippen MR) is 67.1 cm³/mol. The number of carbonyl (C=O) groups is 1. The monoisotopic (exact) mass is 263 g/mol. The van der Waals surface area contributed by atoms with Gasteiger partial charge in [0.05, 0.1) is 12.8 Å². The van der Waals surface area contributed by atoms with Gasteiger partial charge in [-0.3, -0.25) is 10.1 Å². The normalized spacial score (nSPS) is 12.3. The van der Waals surface area contributed by atoms with E-state index in [0.717, 1.165) is 0 Å². The van der Waals surface area contributed by atoms with E-state index in [2.05, 4.69) is 5.32 Å². The molecule has 1 unspecified atom stereocenters. The van der Waals surface area contributed by atoms with Crippen molar-refractivity contribution in [1.82, 2.24) is 5.32 Å². The maximum absolute atomic E-state index is 13.2. The molecular formula is C14H14FNO3. The molecule has 1 aromatic carbocycles. The van der Waals surface area contributed by atoms with Crippen molar-refractivity contribution in [2.75, 3.05) is 0 Å². The first kappa shape index (κ1) is 13.3. The molecule has 4 nitrogen and oxygen atoms in total. The van der Waals surface area contributed by atoms with Gasteiger partial charge in [-0.25, -0.2) is 4.39 Å². The van der Waals surface area contributed by atoms with E-state index in [9.17, 15) is 14.3 Å². The molecule has 0 amide bonds. The average Bonchev–Trinajstić information content (AvgIpc) is 2.86. The summed E-state index contributed by atoms with van der Waals surface area (Å²) >= 11 is 0. The molecule has 0 saturated heterocycles. The second kappa shape index (κ2) is 5.67. The molecule has 2 aromatic rings. The van der Waals surface area contributed by atoms with Crippen LogP contribution in [0, 0.1) is 12.7 Å². The van der Waals surface area contributed by atoms with Crippen molar-refractivity contribution in [3.05, 3.63) is 59.3 Å². The lowest BCUT2D eigenvalue weighted by Crippen LogP contribution is -2.28. The molecule has 19 heavy (non-hydrogen) atoms. The van der Waals surface area contributed by atoms with Crippen molar-refractivity contribution in [1.29, 1.82) is 0 Å². The Balaban J connectivity index is 2.15. The van der Waals surface area contributed by atoms with Crippen LogP contribution in [0.3, 0.4) is 0 Å². The van der Waals surface area contributed by atoms with Crippen LogP contribution >= 0.6 is 0 Å². The zero-order chi connectivity index (χ0) is 13.8. The zero-order valence-electron chi connectivity index (χ0n) is 10.4. The van der Waals surface area contributed by atoms with E-state index in [0.29, 0.717) is 23.4 Å². The van der Waals surface area contributed by atoms with E-state index >= 15 is 0 Å². The average molecular weight is 263 g/mol. The van der Waals surface area contributed by atoms with Crippen molar-refractivity contribution >= 4 is 5.97 Å². The Hall–Kier alpha value is -2.14. The highest BCUT2D eigenvalue weighted by Crippen LogP contribution is 2.18. The molecule has 0 spiro atoms. The maximum Gasteiger partial charge on any atom is 0.325 e. The molecule has 0 fully saturated rings. The van der Waals surface area contributed by atoms with Crippen LogP contribution in [0.4, 0.5) is 4.39 Å². The summed E-state index contributed by atoms with van der Waals surface area (Å²) in [6, 6.07) is 6.86. The molecule has 0 bridgehead atoms. The molecule has 2 N–H and O–H groups in total. The van der Waals surface area contributed by atoms with E-state index in [1.807, 2.05) is 0 Å². The molecule has 0 aliphatic rings. The summed E-state index contributed by atoms with van der Waals surface area (Å²) in [7, 11) is 0. The molecule has 5 heteroatoms. The summed E-state index contributed by atoms with van der Waals surface area (Å²) in [5.41, 5.74) is 0.932. The Bertz CT molecular complexity index is 566. The van der Waals surface area contributed by atoms with E-state index < -0.39 is 12.0 Å². The maximum atomic E-state index is 13.2. The minimum Gasteiger partial charge on any atom is -0.480 e. The summed E-state index contributed by atoms with van der Waals surface area (Å²) in [6.07, 6.45) is 1.52. The Morgan fingerprint density at radius 1 is 1.47 bits per heavy atom. The van der Waals surface area contributed by atoms with Crippen molar-refractivity contribution in [2.45, 2.75) is 19.5 Å². The Morgan fingerprint density at radius 3 is 2.84 bits per heavy atom. The van der Waals surface area contributed by atoms with Crippen LogP contribution in [0.1, 0.15) is 22.9 Å². The van der Waals surface area contributed by atoms with Crippen molar-refractivity contribution < 1.29 is 18.7 Å². The van der Waals surface area contributed by atoms with Gasteiger partial charge in [0.1, 0.15) is 17.6 Å². The molecule has 0 radical (unpaired) electrons. The molecule has 1 aromatic heterocycles. The van der Waals surface area contributed by atoms with Crippen LogP contribution in [-0.4, -0.2) is 11.1 Å². The van der Waals surface area contributed by atoms with Gasteiger partial charge in [-0.2, -0.15) is 0 Å². The van der Waals surface area contributed by atoms with Crippen molar-refractivity contribution in [2.24, 2.45) is 0 Å². The number of nitrogens with one attached hydrogen (secondary N) is 1. The van der Waals surface area contributed by atoms with Crippen LogP contribution in [0.2, 0.25) is 0 Å². The van der Waals surface area contributed by atoms with Crippen LogP contribution in [0.25, 0.3) is 0 Å². The topological polar surface area (TPSA) is 62.5 Å². The zero-order valence-corrected chi connectivity index (χ0v) is 10.4. The third kappa shape index (κ3) is 3.20. The SMILES string of the molecule is Cc1cc(C(NCc2ccco2)C(=O)O)ccc1F. The second-order valence-electron chi connectivity index (χ2n) is 4.24. The first-order chi connectivity index (χ1) is 9.08. The van der Waals surface area contributed by atoms with Gasteiger partial charge >= 0.3 is 5.97 Å². The van der Waals surface area contributed by atoms with Crippen molar-refractivity contribution in [3.63, 3.8) is 0 Å². The fourth-order valence-electron chi connectivity index (χ4n) is 1.81. The number of halogens is 1. The van der Waals surface area contributed by atoms with Crippen molar-refractivity contribution in [3.8, 4) is 0 Å². The van der Waals surface area contributed by atoms with Gasteiger partial charge in [-0.15, -0.1) is 0 Å². The lowest BCUT2D eigenvalue weighted by molar-refractivity contribution is -0.139. The highest BCUT2D eigenvalue weighted by molar-refractivity contribution is 5.75. The van der Waals surface area contributed by atoms with E-state index in [4.69, 9.17) is 4.42 Å². The van der Waals surface area contributed by atoms with Crippen LogP contribution < -0.4 is 5.32 Å². The van der Waals surface area contributed by atoms with Gasteiger partial charge in [0.25, 0.3) is 0 Å². The fraction of sp³-hybridized carbons (Fsp3) is 0.214. The summed E-state index contributed by atoms with van der Waals surface area (Å²) in [5, 5.41) is 12.1. The number of benzene rings is 1. The van der Waals surface area contributed by atoms with Gasteiger partial charge in [0, 0.05) is 0 Å². The minimum absolute atomic E-state index is 0.292. The lowest BCUT2D eigenvalue weighted by atomic mass is 10.0. The van der Waals surface area contributed by atoms with Gasteiger partial charge in [0.2, 0.25) is 0 Å². The van der Waals surface area contributed by atoms with E-state index in [-0.39, 0.29) is 5.82 Å². The molecule has 0 aliphatic heterocycles. The molecule has 2 rings (SSSR count). The quantitative estimate of drug-likeness (QED) is 0.870. The molecule has 0 saturated carbocycles. The summed E-state index contributed by atoms with van der Waals surface area (Å²) < 4.78 is 18.3. The third-order valence-electron chi connectivity index (χ3n) is 2.82. The highest BCUT2D eigenvalue weighted by atomic mass is 19.1.